The van der Waals surface area contributed by atoms with Gasteiger partial charge in [0.25, 0.3) is 0 Å². The molecule has 0 bridgehead atoms. The van der Waals surface area contributed by atoms with E-state index in [-0.39, 0.29) is 6.04 Å². The number of nitrogens with two attached hydrogens (primary N) is 1. The van der Waals surface area contributed by atoms with Gasteiger partial charge >= 0.3 is 0 Å². The molecule has 0 saturated heterocycles. The van der Waals surface area contributed by atoms with E-state index in [1.807, 2.05) is 12.4 Å². The molecule has 1 atom stereocenters. The Labute approximate surface area is 83.6 Å². The molecule has 2 N–H and O–H groups in total. The van der Waals surface area contributed by atoms with Crippen molar-refractivity contribution in [3.05, 3.63) is 16.1 Å². The molecule has 0 aliphatic heterocycles. The molecule has 1 aromatic heterocycles. The summed E-state index contributed by atoms with van der Waals surface area (Å²) in [6.45, 7) is 2.98. The second-order valence-corrected chi connectivity index (χ2v) is 4.58. The van der Waals surface area contributed by atoms with Crippen molar-refractivity contribution in [2.45, 2.75) is 25.9 Å². The van der Waals surface area contributed by atoms with Crippen LogP contribution < -0.4 is 5.73 Å². The first-order valence-electron chi connectivity index (χ1n) is 4.41. The van der Waals surface area contributed by atoms with Crippen molar-refractivity contribution in [3.8, 4) is 0 Å². The van der Waals surface area contributed by atoms with Crippen LogP contribution in [0.3, 0.4) is 0 Å². The van der Waals surface area contributed by atoms with E-state index in [9.17, 15) is 0 Å². The zero-order chi connectivity index (χ0) is 9.84. The molecule has 0 fully saturated rings. The van der Waals surface area contributed by atoms with Gasteiger partial charge in [-0.25, -0.2) is 4.98 Å². The van der Waals surface area contributed by atoms with Crippen LogP contribution in [0.25, 0.3) is 0 Å². The molecule has 0 aliphatic carbocycles. The van der Waals surface area contributed by atoms with Crippen LogP contribution >= 0.6 is 11.3 Å². The third-order valence-electron chi connectivity index (χ3n) is 1.70. The van der Waals surface area contributed by atoms with E-state index >= 15 is 0 Å². The number of hydrogen-bond acceptors (Lipinski definition) is 4. The highest BCUT2D eigenvalue weighted by Gasteiger charge is 2.08. The Hall–Kier alpha value is -0.450. The molecule has 1 aromatic rings. The lowest BCUT2D eigenvalue weighted by Gasteiger charge is -2.10. The van der Waals surface area contributed by atoms with Crippen molar-refractivity contribution < 1.29 is 0 Å². The van der Waals surface area contributed by atoms with Crippen LogP contribution in [0, 0.1) is 0 Å². The van der Waals surface area contributed by atoms with E-state index in [0.717, 1.165) is 18.7 Å². The minimum atomic E-state index is 0.197. The fourth-order valence-electron chi connectivity index (χ4n) is 1.18. The Morgan fingerprint density at radius 1 is 1.62 bits per heavy atom. The molecule has 0 saturated carbocycles. The maximum Gasteiger partial charge on any atom is 0.0798 e. The molecule has 74 valence electrons. The van der Waals surface area contributed by atoms with Gasteiger partial charge in [0.15, 0.2) is 0 Å². The van der Waals surface area contributed by atoms with Crippen molar-refractivity contribution in [1.29, 1.82) is 0 Å². The van der Waals surface area contributed by atoms with E-state index < -0.39 is 0 Å². The molecule has 4 heteroatoms. The quantitative estimate of drug-likeness (QED) is 0.789. The normalized spacial score (nSPS) is 13.6. The number of nitrogens with zero attached hydrogens (tertiary/aromatic N) is 2. The van der Waals surface area contributed by atoms with Gasteiger partial charge in [0.2, 0.25) is 0 Å². The van der Waals surface area contributed by atoms with E-state index in [4.69, 9.17) is 5.73 Å². The molecule has 0 spiro atoms. The first kappa shape index (κ1) is 10.6. The summed E-state index contributed by atoms with van der Waals surface area (Å²) in [6.07, 6.45) is 0.882. The standard InChI is InChI=1S/C9H17N3S/c1-7(10)4-8-9(5-12(2)3)13-6-11-8/h6-7H,4-5,10H2,1-3H3. The molecule has 1 rings (SSSR count). The lowest BCUT2D eigenvalue weighted by atomic mass is 10.2. The predicted octanol–water partition coefficient (Wildman–Crippen LogP) is 1.09. The highest BCUT2D eigenvalue weighted by molar-refractivity contribution is 7.09. The predicted molar refractivity (Wildman–Crippen MR) is 56.9 cm³/mol. The molecule has 0 radical (unpaired) electrons. The summed E-state index contributed by atoms with van der Waals surface area (Å²) in [7, 11) is 4.13. The van der Waals surface area contributed by atoms with E-state index in [1.54, 1.807) is 11.3 Å². The average molecular weight is 199 g/mol. The first-order chi connectivity index (χ1) is 6.09. The van der Waals surface area contributed by atoms with Gasteiger partial charge in [0, 0.05) is 23.9 Å². The van der Waals surface area contributed by atoms with Crippen LogP contribution in [-0.2, 0) is 13.0 Å². The monoisotopic (exact) mass is 199 g/mol. The summed E-state index contributed by atoms with van der Waals surface area (Å²) >= 11 is 1.71. The highest BCUT2D eigenvalue weighted by Crippen LogP contribution is 2.15. The van der Waals surface area contributed by atoms with Crippen molar-refractivity contribution >= 4 is 11.3 Å². The van der Waals surface area contributed by atoms with E-state index in [1.165, 1.54) is 4.88 Å². The molecule has 3 nitrogen and oxygen atoms in total. The summed E-state index contributed by atoms with van der Waals surface area (Å²) in [5.41, 5.74) is 8.79. The van der Waals surface area contributed by atoms with Gasteiger partial charge in [-0.2, -0.15) is 0 Å². The average Bonchev–Trinajstić information content (AvgIpc) is 2.34. The van der Waals surface area contributed by atoms with Gasteiger partial charge in [0.05, 0.1) is 11.2 Å². The Kier molecular flexibility index (Phi) is 3.84. The van der Waals surface area contributed by atoms with Crippen LogP contribution in [0.2, 0.25) is 0 Å². The summed E-state index contributed by atoms with van der Waals surface area (Å²) in [6, 6.07) is 0.197. The van der Waals surface area contributed by atoms with Gasteiger partial charge < -0.3 is 10.6 Å². The van der Waals surface area contributed by atoms with E-state index in [2.05, 4.69) is 24.0 Å². The Morgan fingerprint density at radius 2 is 2.31 bits per heavy atom. The second-order valence-electron chi connectivity index (χ2n) is 3.64. The molecule has 1 heterocycles. The largest absolute Gasteiger partial charge is 0.328 e. The smallest absolute Gasteiger partial charge is 0.0798 e. The van der Waals surface area contributed by atoms with E-state index in [0.29, 0.717) is 0 Å². The topological polar surface area (TPSA) is 42.1 Å². The second kappa shape index (κ2) is 4.69. The minimum absolute atomic E-state index is 0.197. The van der Waals surface area contributed by atoms with Crippen molar-refractivity contribution in [2.24, 2.45) is 5.73 Å². The minimum Gasteiger partial charge on any atom is -0.328 e. The van der Waals surface area contributed by atoms with Crippen LogP contribution in [0.15, 0.2) is 5.51 Å². The van der Waals surface area contributed by atoms with Crippen molar-refractivity contribution in [3.63, 3.8) is 0 Å². The van der Waals surface area contributed by atoms with Crippen molar-refractivity contribution in [1.82, 2.24) is 9.88 Å². The molecule has 1 unspecified atom stereocenters. The molecule has 13 heavy (non-hydrogen) atoms. The van der Waals surface area contributed by atoms with Gasteiger partial charge in [0.1, 0.15) is 0 Å². The summed E-state index contributed by atoms with van der Waals surface area (Å²) in [5, 5.41) is 0. The van der Waals surface area contributed by atoms with Gasteiger partial charge in [-0.15, -0.1) is 11.3 Å². The summed E-state index contributed by atoms with van der Waals surface area (Å²) in [5.74, 6) is 0. The molecule has 0 amide bonds. The Morgan fingerprint density at radius 3 is 2.85 bits per heavy atom. The van der Waals surface area contributed by atoms with Gasteiger partial charge in [-0.1, -0.05) is 0 Å². The van der Waals surface area contributed by atoms with Crippen molar-refractivity contribution in [2.75, 3.05) is 14.1 Å². The Bertz CT molecular complexity index is 231. The van der Waals surface area contributed by atoms with Gasteiger partial charge in [-0.3, -0.25) is 0 Å². The molecule has 0 aromatic carbocycles. The number of aromatic nitrogens is 1. The number of hydrogen-bond donors (Lipinski definition) is 1. The molecule has 0 aliphatic rings. The fourth-order valence-corrected chi connectivity index (χ4v) is 2.09. The first-order valence-corrected chi connectivity index (χ1v) is 5.29. The number of thiazole rings is 1. The third kappa shape index (κ3) is 3.42. The maximum absolute atomic E-state index is 5.73. The van der Waals surface area contributed by atoms with Crippen LogP contribution in [0.5, 0.6) is 0 Å². The summed E-state index contributed by atoms with van der Waals surface area (Å²) in [4.78, 5) is 7.81. The summed E-state index contributed by atoms with van der Waals surface area (Å²) < 4.78 is 0. The lowest BCUT2D eigenvalue weighted by Crippen LogP contribution is -2.19. The fraction of sp³-hybridized carbons (Fsp3) is 0.667. The molecular weight excluding hydrogens is 182 g/mol. The Balaban J connectivity index is 2.65. The van der Waals surface area contributed by atoms with Crippen LogP contribution in [0.1, 0.15) is 17.5 Å². The number of rotatable bonds is 4. The highest BCUT2D eigenvalue weighted by atomic mass is 32.1. The molecular formula is C9H17N3S. The van der Waals surface area contributed by atoms with Crippen LogP contribution in [0.4, 0.5) is 0 Å². The maximum atomic E-state index is 5.73. The van der Waals surface area contributed by atoms with Gasteiger partial charge in [-0.05, 0) is 21.0 Å². The third-order valence-corrected chi connectivity index (χ3v) is 2.56. The SMILES string of the molecule is CC(N)Cc1ncsc1CN(C)C. The zero-order valence-corrected chi connectivity index (χ0v) is 9.27. The zero-order valence-electron chi connectivity index (χ0n) is 8.45. The lowest BCUT2D eigenvalue weighted by molar-refractivity contribution is 0.404. The van der Waals surface area contributed by atoms with Crippen LogP contribution in [-0.4, -0.2) is 30.0 Å².